The number of carbonyl (C=O) groups is 2. The molecule has 1 N–H and O–H groups in total. The minimum Gasteiger partial charge on any atom is -0.410 e. The highest BCUT2D eigenvalue weighted by molar-refractivity contribution is 8.03. The molecule has 0 fully saturated rings. The summed E-state index contributed by atoms with van der Waals surface area (Å²) in [6, 6.07) is 13.9. The van der Waals surface area contributed by atoms with Crippen molar-refractivity contribution in [2.75, 3.05) is 11.4 Å². The fourth-order valence-electron chi connectivity index (χ4n) is 3.64. The second-order valence-corrected chi connectivity index (χ2v) is 9.19. The molecule has 0 spiro atoms. The molecule has 1 aliphatic rings. The van der Waals surface area contributed by atoms with Crippen molar-refractivity contribution in [2.24, 2.45) is 0 Å². The van der Waals surface area contributed by atoms with Crippen LogP contribution < -0.4 is 15.0 Å². The highest BCUT2D eigenvalue weighted by atomic mass is 32.2. The maximum atomic E-state index is 12.2. The predicted molar refractivity (Wildman–Crippen MR) is 131 cm³/mol. The molecule has 0 aliphatic carbocycles. The normalized spacial score (nSPS) is 13.8. The first kappa shape index (κ1) is 23.9. The van der Waals surface area contributed by atoms with Crippen LogP contribution in [0.1, 0.15) is 57.1 Å². The molecule has 0 radical (unpaired) electrons. The van der Waals surface area contributed by atoms with Gasteiger partial charge >= 0.3 is 6.09 Å². The molecule has 32 heavy (non-hydrogen) atoms. The number of allylic oxidation sites excluding steroid dienone is 1. The molecule has 1 aliphatic heterocycles. The smallest absolute Gasteiger partial charge is 0.410 e. The third-order valence-corrected chi connectivity index (χ3v) is 6.32. The maximum Gasteiger partial charge on any atom is 0.412 e. The third kappa shape index (κ3) is 6.89. The van der Waals surface area contributed by atoms with Crippen molar-refractivity contribution < 1.29 is 14.3 Å². The van der Waals surface area contributed by atoms with E-state index >= 15 is 0 Å². The van der Waals surface area contributed by atoms with E-state index in [2.05, 4.69) is 42.3 Å². The molecule has 1 heterocycles. The molecule has 0 atom stereocenters. The molecule has 1 amide bonds. The van der Waals surface area contributed by atoms with E-state index in [9.17, 15) is 9.59 Å². The van der Waals surface area contributed by atoms with Crippen LogP contribution in [0.2, 0.25) is 0 Å². The molecule has 6 heteroatoms. The molecule has 3 rings (SSSR count). The highest BCUT2D eigenvalue weighted by Gasteiger charge is 2.26. The van der Waals surface area contributed by atoms with E-state index in [1.807, 2.05) is 18.2 Å². The van der Waals surface area contributed by atoms with Gasteiger partial charge in [0.25, 0.3) is 0 Å². The van der Waals surface area contributed by atoms with E-state index in [1.54, 1.807) is 30.8 Å². The summed E-state index contributed by atoms with van der Waals surface area (Å²) < 4.78 is 5.53. The Morgan fingerprint density at radius 1 is 1.09 bits per heavy atom. The van der Waals surface area contributed by atoms with Gasteiger partial charge in [-0.2, -0.15) is 0 Å². The van der Waals surface area contributed by atoms with Crippen LogP contribution >= 0.6 is 11.8 Å². The molecule has 0 saturated carbocycles. The second-order valence-electron chi connectivity index (χ2n) is 8.13. The molecule has 5 nitrogen and oxygen atoms in total. The second kappa shape index (κ2) is 11.8. The molecule has 0 aromatic heterocycles. The topological polar surface area (TPSA) is 58.6 Å². The van der Waals surface area contributed by atoms with Gasteiger partial charge in [0.1, 0.15) is 5.75 Å². The van der Waals surface area contributed by atoms with Crippen LogP contribution in [0.4, 0.5) is 10.5 Å². The number of ether oxygens (including phenoxy) is 1. The number of amides is 1. The van der Waals surface area contributed by atoms with Gasteiger partial charge in [0.2, 0.25) is 0 Å². The van der Waals surface area contributed by atoms with E-state index in [0.717, 1.165) is 34.0 Å². The third-order valence-electron chi connectivity index (χ3n) is 5.21. The lowest BCUT2D eigenvalue weighted by Crippen LogP contribution is -2.27. The van der Waals surface area contributed by atoms with Gasteiger partial charge in [0, 0.05) is 30.1 Å². The number of unbranched alkanes of at least 4 members (excludes halogenated alkanes) is 4. The van der Waals surface area contributed by atoms with Gasteiger partial charge in [-0.1, -0.05) is 74.2 Å². The molecular weight excluding hydrogens is 420 g/mol. The SMILES string of the molecule is CCCCCCCNC(=O)Oc1ccc2c(c1)N(Cc1cccc(C)c1)/C(=C/C(C)=O)S2. The van der Waals surface area contributed by atoms with Crippen LogP contribution in [0, 0.1) is 6.92 Å². The first-order valence-electron chi connectivity index (χ1n) is 11.3. The van der Waals surface area contributed by atoms with Gasteiger partial charge in [0.05, 0.1) is 10.7 Å². The standard InChI is InChI=1S/C26H32N2O3S/c1-4-5-6-7-8-14-27-26(30)31-22-12-13-24-23(17-22)28(25(32-24)16-20(3)29)18-21-11-9-10-19(2)15-21/h9-13,15-17H,4-8,14,18H2,1-3H3,(H,27,30)/b25-16-. The molecule has 0 bridgehead atoms. The summed E-state index contributed by atoms with van der Waals surface area (Å²) in [6.45, 7) is 7.06. The number of rotatable bonds is 10. The fraction of sp³-hybridized carbons (Fsp3) is 0.385. The summed E-state index contributed by atoms with van der Waals surface area (Å²) in [7, 11) is 0. The Bertz CT molecular complexity index is 987. The summed E-state index contributed by atoms with van der Waals surface area (Å²) in [6.07, 6.45) is 6.93. The molecular formula is C26H32N2O3S. The number of nitrogens with one attached hydrogen (secondary N) is 1. The lowest BCUT2D eigenvalue weighted by Gasteiger charge is -2.21. The van der Waals surface area contributed by atoms with E-state index < -0.39 is 6.09 Å². The van der Waals surface area contributed by atoms with Crippen LogP contribution in [0.15, 0.2) is 58.5 Å². The van der Waals surface area contributed by atoms with Crippen molar-refractivity contribution in [3.63, 3.8) is 0 Å². The number of benzene rings is 2. The first-order chi connectivity index (χ1) is 15.5. The van der Waals surface area contributed by atoms with Crippen molar-refractivity contribution in [2.45, 2.75) is 64.3 Å². The van der Waals surface area contributed by atoms with E-state index in [4.69, 9.17) is 4.74 Å². The maximum absolute atomic E-state index is 12.2. The van der Waals surface area contributed by atoms with Gasteiger partial charge < -0.3 is 15.0 Å². The molecule has 2 aromatic carbocycles. The number of thioether (sulfide) groups is 1. The quantitative estimate of drug-likeness (QED) is 0.325. The van der Waals surface area contributed by atoms with Gasteiger partial charge in [-0.25, -0.2) is 4.79 Å². The van der Waals surface area contributed by atoms with Crippen molar-refractivity contribution in [3.05, 3.63) is 64.7 Å². The van der Waals surface area contributed by atoms with Gasteiger partial charge in [-0.05, 0) is 38.0 Å². The number of hydrogen-bond donors (Lipinski definition) is 1. The highest BCUT2D eigenvalue weighted by Crippen LogP contribution is 2.48. The van der Waals surface area contributed by atoms with Gasteiger partial charge in [-0.3, -0.25) is 4.79 Å². The summed E-state index contributed by atoms with van der Waals surface area (Å²) in [5.41, 5.74) is 3.28. The van der Waals surface area contributed by atoms with Crippen LogP contribution in [-0.4, -0.2) is 18.4 Å². The Morgan fingerprint density at radius 3 is 2.66 bits per heavy atom. The van der Waals surface area contributed by atoms with Gasteiger partial charge in [0.15, 0.2) is 5.78 Å². The molecule has 0 unspecified atom stereocenters. The van der Waals surface area contributed by atoms with E-state index in [0.29, 0.717) is 18.8 Å². The summed E-state index contributed by atoms with van der Waals surface area (Å²) in [5, 5.41) is 3.71. The predicted octanol–water partition coefficient (Wildman–Crippen LogP) is 6.60. The Hall–Kier alpha value is -2.73. The van der Waals surface area contributed by atoms with Crippen LogP contribution in [0.3, 0.4) is 0 Å². The summed E-state index contributed by atoms with van der Waals surface area (Å²) >= 11 is 1.56. The Labute approximate surface area is 195 Å². The van der Waals surface area contributed by atoms with Crippen LogP contribution in [0.5, 0.6) is 5.75 Å². The lowest BCUT2D eigenvalue weighted by atomic mass is 10.1. The number of nitrogens with zero attached hydrogens (tertiary/aromatic N) is 1. The number of carbonyl (C=O) groups excluding carboxylic acids is 2. The summed E-state index contributed by atoms with van der Waals surface area (Å²) in [4.78, 5) is 27.2. The fourth-order valence-corrected chi connectivity index (χ4v) is 4.78. The number of aryl methyl sites for hydroxylation is 1. The zero-order valence-corrected chi connectivity index (χ0v) is 20.0. The lowest BCUT2D eigenvalue weighted by molar-refractivity contribution is -0.112. The number of anilines is 1. The van der Waals surface area contributed by atoms with Crippen molar-refractivity contribution in [1.29, 1.82) is 0 Å². The average molecular weight is 453 g/mol. The Kier molecular flexibility index (Phi) is 8.80. The van der Waals surface area contributed by atoms with Crippen molar-refractivity contribution >= 4 is 29.3 Å². The average Bonchev–Trinajstić information content (AvgIpc) is 3.06. The van der Waals surface area contributed by atoms with E-state index in [-0.39, 0.29) is 5.78 Å². The molecule has 0 saturated heterocycles. The Balaban J connectivity index is 1.69. The van der Waals surface area contributed by atoms with E-state index in [1.165, 1.54) is 24.8 Å². The van der Waals surface area contributed by atoms with Crippen LogP contribution in [0.25, 0.3) is 0 Å². The summed E-state index contributed by atoms with van der Waals surface area (Å²) in [5.74, 6) is 0.496. The number of ketones is 1. The van der Waals surface area contributed by atoms with Crippen molar-refractivity contribution in [1.82, 2.24) is 5.32 Å². The zero-order valence-electron chi connectivity index (χ0n) is 19.1. The van der Waals surface area contributed by atoms with Crippen molar-refractivity contribution in [3.8, 4) is 5.75 Å². The van der Waals surface area contributed by atoms with Gasteiger partial charge in [-0.15, -0.1) is 0 Å². The zero-order chi connectivity index (χ0) is 22.9. The minimum absolute atomic E-state index is 0.00402. The monoisotopic (exact) mass is 452 g/mol. The number of hydrogen-bond acceptors (Lipinski definition) is 5. The molecule has 170 valence electrons. The Morgan fingerprint density at radius 2 is 1.91 bits per heavy atom. The molecule has 2 aromatic rings. The number of fused-ring (bicyclic) bond motifs is 1. The minimum atomic E-state index is -0.434. The first-order valence-corrected chi connectivity index (χ1v) is 12.1. The van der Waals surface area contributed by atoms with Crippen LogP contribution in [-0.2, 0) is 11.3 Å². The largest absolute Gasteiger partial charge is 0.412 e.